The van der Waals surface area contributed by atoms with Crippen molar-refractivity contribution in [1.29, 1.82) is 0 Å². The number of carbonyl (C=O) groups excluding carboxylic acids is 1. The minimum Gasteiger partial charge on any atom is -0.444 e. The van der Waals surface area contributed by atoms with Crippen LogP contribution in [0.5, 0.6) is 0 Å². The van der Waals surface area contributed by atoms with Gasteiger partial charge in [0.1, 0.15) is 11.4 Å². The van der Waals surface area contributed by atoms with E-state index in [9.17, 15) is 9.18 Å². The molecule has 0 fully saturated rings. The van der Waals surface area contributed by atoms with E-state index in [2.05, 4.69) is 26.0 Å². The molecule has 0 atom stereocenters. The molecule has 2 rings (SSSR count). The largest absolute Gasteiger partial charge is 0.444 e. The second-order valence-electron chi connectivity index (χ2n) is 8.84. The molecule has 1 amide bonds. The second kappa shape index (κ2) is 12.0. The van der Waals surface area contributed by atoms with Gasteiger partial charge in [-0.2, -0.15) is 5.10 Å². The fourth-order valence-electron chi connectivity index (χ4n) is 2.69. The number of benzene rings is 1. The highest BCUT2D eigenvalue weighted by Crippen LogP contribution is 2.10. The van der Waals surface area contributed by atoms with Gasteiger partial charge in [-0.3, -0.25) is 4.99 Å². The summed E-state index contributed by atoms with van der Waals surface area (Å²) in [6.07, 6.45) is 2.08. The van der Waals surface area contributed by atoms with Gasteiger partial charge >= 0.3 is 6.09 Å². The van der Waals surface area contributed by atoms with Crippen LogP contribution < -0.4 is 16.0 Å². The van der Waals surface area contributed by atoms with E-state index in [0.717, 1.165) is 11.4 Å². The first-order valence-electron chi connectivity index (χ1n) is 10.2. The van der Waals surface area contributed by atoms with Crippen LogP contribution in [0.1, 0.15) is 40.3 Å². The van der Waals surface area contributed by atoms with Crippen molar-refractivity contribution in [3.05, 3.63) is 48.0 Å². The van der Waals surface area contributed by atoms with Crippen LogP contribution in [0.4, 0.5) is 9.18 Å². The maximum absolute atomic E-state index is 13.1. The maximum atomic E-state index is 13.1. The Hall–Kier alpha value is -2.37. The number of carbonyl (C=O) groups is 1. The number of nitrogens with one attached hydrogen (secondary N) is 3. The van der Waals surface area contributed by atoms with Crippen LogP contribution in [0.15, 0.2) is 41.5 Å². The molecule has 0 saturated heterocycles. The predicted molar refractivity (Wildman–Crippen MR) is 135 cm³/mol. The van der Waals surface area contributed by atoms with Crippen molar-refractivity contribution in [1.82, 2.24) is 25.7 Å². The first kappa shape index (κ1) is 27.7. The number of guanidine groups is 1. The highest BCUT2D eigenvalue weighted by atomic mass is 127. The number of aromatic nitrogens is 2. The number of hydrogen-bond donors (Lipinski definition) is 3. The third-order valence-electron chi connectivity index (χ3n) is 4.17. The van der Waals surface area contributed by atoms with E-state index in [4.69, 9.17) is 4.74 Å². The fourth-order valence-corrected chi connectivity index (χ4v) is 2.69. The zero-order chi connectivity index (χ0) is 23.1. The molecule has 0 bridgehead atoms. The average molecular weight is 560 g/mol. The summed E-state index contributed by atoms with van der Waals surface area (Å²) in [5.41, 5.74) is 0.625. The first-order valence-corrected chi connectivity index (χ1v) is 10.2. The van der Waals surface area contributed by atoms with E-state index >= 15 is 0 Å². The van der Waals surface area contributed by atoms with Crippen molar-refractivity contribution >= 4 is 36.0 Å². The molecule has 8 nitrogen and oxygen atoms in total. The summed E-state index contributed by atoms with van der Waals surface area (Å²) in [7, 11) is 1.69. The standard InChI is InChI=1S/C22H33FN6O2.HI/c1-21(2,3)31-20(30)27-22(4,5)15-26-19(24-6)25-13-11-17-12-14-29(28-17)18-9-7-16(23)8-10-18;/h7-10,12,14H,11,13,15H2,1-6H3,(H,27,30)(H2,24,25,26);1H. The van der Waals surface area contributed by atoms with Gasteiger partial charge in [-0.1, -0.05) is 0 Å². The SMILES string of the molecule is CN=C(NCCc1ccn(-c2ccc(F)cc2)n1)NCC(C)(C)NC(=O)OC(C)(C)C.I. The third kappa shape index (κ3) is 9.84. The van der Waals surface area contributed by atoms with E-state index in [1.807, 2.05) is 46.9 Å². The fraction of sp³-hybridized carbons (Fsp3) is 0.500. The lowest BCUT2D eigenvalue weighted by atomic mass is 10.1. The Balaban J connectivity index is 0.00000512. The van der Waals surface area contributed by atoms with Gasteiger partial charge < -0.3 is 20.7 Å². The summed E-state index contributed by atoms with van der Waals surface area (Å²) in [4.78, 5) is 16.2. The number of halogens is 2. The number of ether oxygens (including phenoxy) is 1. The zero-order valence-corrected chi connectivity index (χ0v) is 21.9. The molecular formula is C22H34FIN6O2. The maximum Gasteiger partial charge on any atom is 0.408 e. The van der Waals surface area contributed by atoms with Gasteiger partial charge in [0, 0.05) is 32.8 Å². The van der Waals surface area contributed by atoms with E-state index in [1.165, 1.54) is 12.1 Å². The number of hydrogen-bond acceptors (Lipinski definition) is 4. The third-order valence-corrected chi connectivity index (χ3v) is 4.17. The lowest BCUT2D eigenvalue weighted by Gasteiger charge is -2.29. The minimum atomic E-state index is -0.547. The smallest absolute Gasteiger partial charge is 0.408 e. The average Bonchev–Trinajstić information content (AvgIpc) is 3.12. The van der Waals surface area contributed by atoms with E-state index < -0.39 is 17.2 Å². The molecule has 0 aliphatic rings. The monoisotopic (exact) mass is 560 g/mol. The summed E-state index contributed by atoms with van der Waals surface area (Å²) < 4.78 is 20.1. The van der Waals surface area contributed by atoms with Crippen LogP contribution >= 0.6 is 24.0 Å². The van der Waals surface area contributed by atoms with Gasteiger partial charge in [-0.05, 0) is 65.0 Å². The molecule has 0 radical (unpaired) electrons. The van der Waals surface area contributed by atoms with Crippen molar-refractivity contribution in [2.45, 2.75) is 52.2 Å². The molecule has 0 unspecified atom stereocenters. The molecule has 0 saturated carbocycles. The number of nitrogens with zero attached hydrogens (tertiary/aromatic N) is 3. The van der Waals surface area contributed by atoms with Gasteiger partial charge in [0.2, 0.25) is 0 Å². The van der Waals surface area contributed by atoms with Gasteiger partial charge in [0.15, 0.2) is 5.96 Å². The summed E-state index contributed by atoms with van der Waals surface area (Å²) >= 11 is 0. The molecule has 0 spiro atoms. The van der Waals surface area contributed by atoms with Gasteiger partial charge in [0.05, 0.1) is 16.9 Å². The molecule has 3 N–H and O–H groups in total. The van der Waals surface area contributed by atoms with E-state index in [1.54, 1.807) is 23.9 Å². The molecule has 32 heavy (non-hydrogen) atoms. The molecule has 1 heterocycles. The second-order valence-corrected chi connectivity index (χ2v) is 8.84. The van der Waals surface area contributed by atoms with Gasteiger partial charge in [-0.25, -0.2) is 13.9 Å². The number of rotatable bonds is 7. The molecule has 10 heteroatoms. The van der Waals surface area contributed by atoms with Crippen molar-refractivity contribution in [2.75, 3.05) is 20.1 Å². The van der Waals surface area contributed by atoms with Crippen molar-refractivity contribution in [3.8, 4) is 5.69 Å². The lowest BCUT2D eigenvalue weighted by Crippen LogP contribution is -2.54. The zero-order valence-electron chi connectivity index (χ0n) is 19.5. The number of aliphatic imine (C=N–C) groups is 1. The van der Waals surface area contributed by atoms with Crippen molar-refractivity contribution in [2.24, 2.45) is 4.99 Å². The normalized spacial score (nSPS) is 12.0. The first-order chi connectivity index (χ1) is 14.5. The molecular weight excluding hydrogens is 526 g/mol. The summed E-state index contributed by atoms with van der Waals surface area (Å²) in [6.45, 7) is 10.4. The van der Waals surface area contributed by atoms with Crippen LogP contribution in [0.3, 0.4) is 0 Å². The molecule has 178 valence electrons. The molecule has 0 aliphatic heterocycles. The topological polar surface area (TPSA) is 92.6 Å². The van der Waals surface area contributed by atoms with E-state index in [-0.39, 0.29) is 29.8 Å². The minimum absolute atomic E-state index is 0. The summed E-state index contributed by atoms with van der Waals surface area (Å²) in [5, 5.41) is 13.8. The Morgan fingerprint density at radius 2 is 1.78 bits per heavy atom. The molecule has 2 aromatic rings. The Morgan fingerprint density at radius 3 is 2.38 bits per heavy atom. The van der Waals surface area contributed by atoms with Crippen LogP contribution in [0.25, 0.3) is 5.69 Å². The van der Waals surface area contributed by atoms with Gasteiger partial charge in [-0.15, -0.1) is 24.0 Å². The van der Waals surface area contributed by atoms with Crippen LogP contribution in [-0.2, 0) is 11.2 Å². The van der Waals surface area contributed by atoms with Gasteiger partial charge in [0.25, 0.3) is 0 Å². The summed E-state index contributed by atoms with van der Waals surface area (Å²) in [6, 6.07) is 8.11. The number of amides is 1. The lowest BCUT2D eigenvalue weighted by molar-refractivity contribution is 0.0474. The molecule has 1 aromatic carbocycles. The Bertz CT molecular complexity index is 891. The summed E-state index contributed by atoms with van der Waals surface area (Å²) in [5.74, 6) is 0.348. The van der Waals surface area contributed by atoms with E-state index in [0.29, 0.717) is 25.5 Å². The van der Waals surface area contributed by atoms with Crippen molar-refractivity contribution < 1.29 is 13.9 Å². The highest BCUT2D eigenvalue weighted by Gasteiger charge is 2.24. The molecule has 1 aromatic heterocycles. The molecule has 0 aliphatic carbocycles. The van der Waals surface area contributed by atoms with Crippen LogP contribution in [-0.4, -0.2) is 53.1 Å². The predicted octanol–water partition coefficient (Wildman–Crippen LogP) is 3.64. The van der Waals surface area contributed by atoms with Crippen LogP contribution in [0.2, 0.25) is 0 Å². The quantitative estimate of drug-likeness (QED) is 0.273. The Labute approximate surface area is 206 Å². The number of alkyl carbamates (subject to hydrolysis) is 1. The van der Waals surface area contributed by atoms with Crippen LogP contribution in [0, 0.1) is 5.82 Å². The Morgan fingerprint density at radius 1 is 1.12 bits per heavy atom. The Kier molecular flexibility index (Phi) is 10.4. The highest BCUT2D eigenvalue weighted by molar-refractivity contribution is 14.0. The van der Waals surface area contributed by atoms with Crippen molar-refractivity contribution in [3.63, 3.8) is 0 Å².